The summed E-state index contributed by atoms with van der Waals surface area (Å²) in [5, 5.41) is 3.78. The molecule has 0 aliphatic heterocycles. The van der Waals surface area contributed by atoms with Gasteiger partial charge >= 0.3 is 5.97 Å². The maximum atomic E-state index is 12.1. The van der Waals surface area contributed by atoms with Gasteiger partial charge in [0, 0.05) is 11.6 Å². The number of nitrogens with zero attached hydrogens (tertiary/aromatic N) is 1. The van der Waals surface area contributed by atoms with Crippen molar-refractivity contribution in [3.63, 3.8) is 0 Å². The zero-order valence-electron chi connectivity index (χ0n) is 12.4. The molecule has 0 bridgehead atoms. The first kappa shape index (κ1) is 14.1. The molecule has 1 heterocycles. The Morgan fingerprint density at radius 3 is 2.36 bits per heavy atom. The van der Waals surface area contributed by atoms with Crippen molar-refractivity contribution in [2.24, 2.45) is 0 Å². The van der Waals surface area contributed by atoms with Crippen molar-refractivity contribution in [1.82, 2.24) is 5.16 Å². The van der Waals surface area contributed by atoms with Gasteiger partial charge in [-0.05, 0) is 37.1 Å². The summed E-state index contributed by atoms with van der Waals surface area (Å²) in [5.74, 6) is 0.510. The zero-order chi connectivity index (χ0) is 15.5. The number of ether oxygens (including phenoxy) is 1. The molecule has 0 spiro atoms. The van der Waals surface area contributed by atoms with Crippen LogP contribution in [0.1, 0.15) is 21.6 Å². The fraction of sp³-hybridized carbons (Fsp3) is 0.111. The Hall–Kier alpha value is -2.88. The van der Waals surface area contributed by atoms with Crippen LogP contribution in [0.5, 0.6) is 5.75 Å². The highest BCUT2D eigenvalue weighted by atomic mass is 16.5. The Morgan fingerprint density at radius 2 is 1.68 bits per heavy atom. The number of hydrogen-bond acceptors (Lipinski definition) is 4. The molecule has 0 fully saturated rings. The average Bonchev–Trinajstić information content (AvgIpc) is 2.97. The molecule has 0 atom stereocenters. The molecular formula is C18H15NO3. The van der Waals surface area contributed by atoms with E-state index >= 15 is 0 Å². The van der Waals surface area contributed by atoms with E-state index in [1.807, 2.05) is 62.4 Å². The molecule has 110 valence electrons. The molecule has 3 rings (SSSR count). The van der Waals surface area contributed by atoms with E-state index in [1.165, 1.54) is 0 Å². The van der Waals surface area contributed by atoms with Crippen LogP contribution in [0.4, 0.5) is 0 Å². The van der Waals surface area contributed by atoms with Crippen molar-refractivity contribution in [2.45, 2.75) is 13.8 Å². The van der Waals surface area contributed by atoms with E-state index in [1.54, 1.807) is 6.07 Å². The first-order valence-electron chi connectivity index (χ1n) is 6.94. The van der Waals surface area contributed by atoms with E-state index in [0.29, 0.717) is 11.5 Å². The summed E-state index contributed by atoms with van der Waals surface area (Å²) >= 11 is 0. The summed E-state index contributed by atoms with van der Waals surface area (Å²) in [6, 6.07) is 16.7. The van der Waals surface area contributed by atoms with Crippen LogP contribution in [-0.2, 0) is 0 Å². The lowest BCUT2D eigenvalue weighted by atomic mass is 10.1. The largest absolute Gasteiger partial charge is 0.422 e. The number of benzene rings is 2. The molecule has 0 unspecified atom stereocenters. The Bertz CT molecular complexity index is 786. The second-order valence-electron chi connectivity index (χ2n) is 5.16. The molecule has 0 aliphatic rings. The van der Waals surface area contributed by atoms with Gasteiger partial charge in [-0.3, -0.25) is 0 Å². The molecule has 0 amide bonds. The van der Waals surface area contributed by atoms with Gasteiger partial charge in [0.05, 0.1) is 0 Å². The molecule has 4 nitrogen and oxygen atoms in total. The number of aryl methyl sites for hydroxylation is 2. The van der Waals surface area contributed by atoms with Gasteiger partial charge in [0.2, 0.25) is 0 Å². The average molecular weight is 293 g/mol. The molecule has 0 saturated heterocycles. The molecule has 1 aromatic heterocycles. The van der Waals surface area contributed by atoms with E-state index in [4.69, 9.17) is 9.26 Å². The first-order valence-corrected chi connectivity index (χ1v) is 6.94. The fourth-order valence-corrected chi connectivity index (χ4v) is 2.26. The summed E-state index contributed by atoms with van der Waals surface area (Å²) in [7, 11) is 0. The van der Waals surface area contributed by atoms with Crippen molar-refractivity contribution in [3.8, 4) is 17.1 Å². The lowest BCUT2D eigenvalue weighted by Gasteiger charge is -2.04. The molecule has 0 radical (unpaired) electrons. The third kappa shape index (κ3) is 3.06. The number of carbonyl (C=O) groups excluding carboxylic acids is 1. The summed E-state index contributed by atoms with van der Waals surface area (Å²) < 4.78 is 10.6. The van der Waals surface area contributed by atoms with Crippen molar-refractivity contribution < 1.29 is 14.1 Å². The van der Waals surface area contributed by atoms with Gasteiger partial charge in [-0.15, -0.1) is 0 Å². The highest BCUT2D eigenvalue weighted by molar-refractivity contribution is 5.90. The van der Waals surface area contributed by atoms with E-state index in [9.17, 15) is 4.79 Å². The minimum Gasteiger partial charge on any atom is -0.422 e. The smallest absolute Gasteiger partial charge is 0.365 e. The third-order valence-corrected chi connectivity index (χ3v) is 3.18. The Kier molecular flexibility index (Phi) is 3.74. The van der Waals surface area contributed by atoms with Crippen molar-refractivity contribution >= 4 is 5.97 Å². The Balaban J connectivity index is 1.80. The number of rotatable bonds is 3. The van der Waals surface area contributed by atoms with Crippen LogP contribution in [0.15, 0.2) is 59.1 Å². The minimum atomic E-state index is -0.532. The summed E-state index contributed by atoms with van der Waals surface area (Å²) in [5.41, 5.74) is 3.08. The number of hydrogen-bond donors (Lipinski definition) is 0. The molecule has 22 heavy (non-hydrogen) atoms. The number of carbonyl (C=O) groups is 1. The lowest BCUT2D eigenvalue weighted by Crippen LogP contribution is -2.08. The van der Waals surface area contributed by atoms with Crippen LogP contribution in [0.2, 0.25) is 0 Å². The van der Waals surface area contributed by atoms with Crippen LogP contribution >= 0.6 is 0 Å². The molecule has 3 aromatic rings. The van der Waals surface area contributed by atoms with Gasteiger partial charge in [0.25, 0.3) is 0 Å². The summed E-state index contributed by atoms with van der Waals surface area (Å²) in [6.07, 6.45) is 0. The minimum absolute atomic E-state index is 0.151. The number of aromatic nitrogens is 1. The third-order valence-electron chi connectivity index (χ3n) is 3.18. The van der Waals surface area contributed by atoms with E-state index in [0.717, 1.165) is 16.7 Å². The maximum absolute atomic E-state index is 12.1. The second-order valence-corrected chi connectivity index (χ2v) is 5.16. The molecule has 2 aromatic carbocycles. The van der Waals surface area contributed by atoms with Crippen molar-refractivity contribution in [2.75, 3.05) is 0 Å². The van der Waals surface area contributed by atoms with Crippen LogP contribution < -0.4 is 4.74 Å². The van der Waals surface area contributed by atoms with Crippen LogP contribution in [-0.4, -0.2) is 11.1 Å². The maximum Gasteiger partial charge on any atom is 0.365 e. The molecule has 4 heteroatoms. The molecule has 0 N–H and O–H groups in total. The highest BCUT2D eigenvalue weighted by Crippen LogP contribution is 2.21. The van der Waals surface area contributed by atoms with Gasteiger partial charge in [-0.2, -0.15) is 0 Å². The Labute approximate surface area is 128 Å². The van der Waals surface area contributed by atoms with Gasteiger partial charge in [0.15, 0.2) is 11.5 Å². The first-order chi connectivity index (χ1) is 10.6. The van der Waals surface area contributed by atoms with Gasteiger partial charge in [-0.1, -0.05) is 41.6 Å². The van der Waals surface area contributed by atoms with Crippen molar-refractivity contribution in [1.29, 1.82) is 0 Å². The fourth-order valence-electron chi connectivity index (χ4n) is 2.26. The standard InChI is InChI=1S/C18H15NO3/c1-12-8-13(2)10-15(9-12)21-18(20)16-11-17(22-19-16)14-6-4-3-5-7-14/h3-11H,1-2H3. The zero-order valence-corrected chi connectivity index (χ0v) is 12.4. The highest BCUT2D eigenvalue weighted by Gasteiger charge is 2.16. The van der Waals surface area contributed by atoms with E-state index in [2.05, 4.69) is 5.16 Å². The molecular weight excluding hydrogens is 278 g/mol. The molecule has 0 saturated carbocycles. The monoisotopic (exact) mass is 293 g/mol. The van der Waals surface area contributed by atoms with Crippen LogP contribution in [0.25, 0.3) is 11.3 Å². The summed E-state index contributed by atoms with van der Waals surface area (Å²) in [6.45, 7) is 3.90. The van der Waals surface area contributed by atoms with Gasteiger partial charge in [0.1, 0.15) is 5.75 Å². The van der Waals surface area contributed by atoms with E-state index in [-0.39, 0.29) is 5.69 Å². The quantitative estimate of drug-likeness (QED) is 0.537. The van der Waals surface area contributed by atoms with E-state index < -0.39 is 5.97 Å². The van der Waals surface area contributed by atoms with Crippen LogP contribution in [0, 0.1) is 13.8 Å². The second kappa shape index (κ2) is 5.85. The van der Waals surface area contributed by atoms with Gasteiger partial charge in [-0.25, -0.2) is 4.79 Å². The summed E-state index contributed by atoms with van der Waals surface area (Å²) in [4.78, 5) is 12.1. The topological polar surface area (TPSA) is 52.3 Å². The molecule has 0 aliphatic carbocycles. The normalized spacial score (nSPS) is 10.5. The van der Waals surface area contributed by atoms with Crippen LogP contribution in [0.3, 0.4) is 0 Å². The Morgan fingerprint density at radius 1 is 1.00 bits per heavy atom. The SMILES string of the molecule is Cc1cc(C)cc(OC(=O)c2cc(-c3ccccc3)on2)c1. The lowest BCUT2D eigenvalue weighted by molar-refractivity contribution is 0.0724. The predicted molar refractivity (Wildman–Crippen MR) is 82.8 cm³/mol. The van der Waals surface area contributed by atoms with Gasteiger partial charge < -0.3 is 9.26 Å². The van der Waals surface area contributed by atoms with Crippen molar-refractivity contribution in [3.05, 3.63) is 71.4 Å². The predicted octanol–water partition coefficient (Wildman–Crippen LogP) is 4.18. The number of esters is 1.